The predicted octanol–water partition coefficient (Wildman–Crippen LogP) is 1.60. The van der Waals surface area contributed by atoms with Gasteiger partial charge >= 0.3 is 0 Å². The van der Waals surface area contributed by atoms with Crippen LogP contribution in [0.2, 0.25) is 0 Å². The fourth-order valence-corrected chi connectivity index (χ4v) is 3.48. The van der Waals surface area contributed by atoms with Crippen LogP contribution in [-0.2, 0) is 41.4 Å². The molecule has 0 unspecified atom stereocenters. The van der Waals surface area contributed by atoms with Crippen LogP contribution in [0.25, 0.3) is 0 Å². The molecule has 29 heavy (non-hydrogen) atoms. The van der Waals surface area contributed by atoms with Gasteiger partial charge in [-0.2, -0.15) is 0 Å². The highest BCUT2D eigenvalue weighted by molar-refractivity contribution is 6.23. The number of hydrogen-bond acceptors (Lipinski definition) is 6. The van der Waals surface area contributed by atoms with Crippen molar-refractivity contribution in [2.75, 3.05) is 40.5 Å². The quantitative estimate of drug-likeness (QED) is 0.676. The number of methoxy groups -OCH3 is 2. The van der Waals surface area contributed by atoms with E-state index in [0.717, 1.165) is 11.1 Å². The van der Waals surface area contributed by atoms with Crippen molar-refractivity contribution in [2.24, 2.45) is 0 Å². The first kappa shape index (κ1) is 20.8. The fraction of sp³-hybridized carbons (Fsp3) is 0.409. The van der Waals surface area contributed by atoms with Crippen LogP contribution in [0, 0.1) is 0 Å². The molecule has 1 aliphatic carbocycles. The number of nitrogens with zero attached hydrogens (tertiary/aromatic N) is 1. The number of rotatable bonds is 6. The number of ether oxygens (including phenoxy) is 3. The van der Waals surface area contributed by atoms with Crippen molar-refractivity contribution in [3.63, 3.8) is 0 Å². The van der Waals surface area contributed by atoms with E-state index < -0.39 is 0 Å². The van der Waals surface area contributed by atoms with E-state index in [1.165, 1.54) is 14.2 Å². The topological polar surface area (TPSA) is 82.1 Å². The Bertz CT molecular complexity index is 875. The van der Waals surface area contributed by atoms with E-state index in [2.05, 4.69) is 0 Å². The number of benzene rings is 1. The van der Waals surface area contributed by atoms with E-state index in [1.54, 1.807) is 6.92 Å². The molecule has 1 amide bonds. The maximum atomic E-state index is 12.7. The third kappa shape index (κ3) is 4.40. The molecule has 3 rings (SSSR count). The van der Waals surface area contributed by atoms with Crippen LogP contribution in [0.3, 0.4) is 0 Å². The van der Waals surface area contributed by atoms with Gasteiger partial charge in [0.05, 0.1) is 33.9 Å². The second-order valence-electron chi connectivity index (χ2n) is 6.99. The summed E-state index contributed by atoms with van der Waals surface area (Å²) in [5.41, 5.74) is 2.53. The molecule has 1 saturated heterocycles. The van der Waals surface area contributed by atoms with Crippen molar-refractivity contribution in [1.82, 2.24) is 4.90 Å². The monoisotopic (exact) mass is 399 g/mol. The third-order valence-electron chi connectivity index (χ3n) is 5.22. The Morgan fingerprint density at radius 3 is 2.10 bits per heavy atom. The summed E-state index contributed by atoms with van der Waals surface area (Å²) in [5, 5.41) is 0. The van der Waals surface area contributed by atoms with Crippen LogP contribution >= 0.6 is 0 Å². The second-order valence-corrected chi connectivity index (χ2v) is 6.99. The van der Waals surface area contributed by atoms with E-state index in [0.29, 0.717) is 50.3 Å². The van der Waals surface area contributed by atoms with Gasteiger partial charge in [0.15, 0.2) is 0 Å². The standard InChI is InChI=1S/C22H25NO6/c1-14-17(20(26)22(28-3)21(27-2)19(14)25)12-15-4-6-16(7-5-15)13-18(24)23-8-10-29-11-9-23/h4-7H,8-13H2,1-3H3. The van der Waals surface area contributed by atoms with Gasteiger partial charge in [-0.25, -0.2) is 0 Å². The number of amides is 1. The van der Waals surface area contributed by atoms with E-state index in [9.17, 15) is 14.4 Å². The minimum absolute atomic E-state index is 0.0595. The van der Waals surface area contributed by atoms with Gasteiger partial charge < -0.3 is 19.1 Å². The Balaban J connectivity index is 1.71. The second kappa shape index (κ2) is 9.05. The maximum Gasteiger partial charge on any atom is 0.228 e. The van der Waals surface area contributed by atoms with E-state index >= 15 is 0 Å². The normalized spacial score (nSPS) is 17.7. The van der Waals surface area contributed by atoms with Gasteiger partial charge in [0.25, 0.3) is 0 Å². The molecule has 0 saturated carbocycles. The van der Waals surface area contributed by atoms with Crippen LogP contribution in [0.5, 0.6) is 0 Å². The number of Topliss-reactive ketones (excluding diaryl/α,β-unsaturated/α-hetero) is 2. The lowest BCUT2D eigenvalue weighted by molar-refractivity contribution is -0.134. The molecule has 0 radical (unpaired) electrons. The van der Waals surface area contributed by atoms with Gasteiger partial charge in [0, 0.05) is 30.7 Å². The number of hydrogen-bond donors (Lipinski definition) is 0. The summed E-state index contributed by atoms with van der Waals surface area (Å²) in [5.74, 6) is -0.726. The number of carbonyl (C=O) groups is 3. The summed E-state index contributed by atoms with van der Waals surface area (Å²) in [4.78, 5) is 39.4. The predicted molar refractivity (Wildman–Crippen MR) is 105 cm³/mol. The smallest absolute Gasteiger partial charge is 0.228 e. The molecule has 154 valence electrons. The molecule has 0 bridgehead atoms. The molecule has 1 aromatic carbocycles. The lowest BCUT2D eigenvalue weighted by Crippen LogP contribution is -2.41. The van der Waals surface area contributed by atoms with E-state index in [4.69, 9.17) is 14.2 Å². The molecule has 0 N–H and O–H groups in total. The molecule has 0 aromatic heterocycles. The molecule has 0 atom stereocenters. The Morgan fingerprint density at radius 1 is 0.966 bits per heavy atom. The zero-order valence-corrected chi connectivity index (χ0v) is 16.9. The fourth-order valence-electron chi connectivity index (χ4n) is 3.48. The summed E-state index contributed by atoms with van der Waals surface area (Å²) in [7, 11) is 2.69. The van der Waals surface area contributed by atoms with Crippen LogP contribution in [-0.4, -0.2) is 62.9 Å². The average Bonchev–Trinajstić information content (AvgIpc) is 2.75. The lowest BCUT2D eigenvalue weighted by atomic mass is 9.88. The molecule has 2 aliphatic rings. The van der Waals surface area contributed by atoms with Crippen molar-refractivity contribution < 1.29 is 28.6 Å². The highest BCUT2D eigenvalue weighted by Gasteiger charge is 2.34. The summed E-state index contributed by atoms with van der Waals surface area (Å²) < 4.78 is 15.4. The lowest BCUT2D eigenvalue weighted by Gasteiger charge is -2.26. The summed E-state index contributed by atoms with van der Waals surface area (Å²) in [6.45, 7) is 4.03. The number of morpholine rings is 1. The van der Waals surface area contributed by atoms with Gasteiger partial charge in [0.2, 0.25) is 29.0 Å². The third-order valence-corrected chi connectivity index (χ3v) is 5.22. The molecular formula is C22H25NO6. The largest absolute Gasteiger partial charge is 0.489 e. The van der Waals surface area contributed by atoms with Gasteiger partial charge in [-0.3, -0.25) is 14.4 Å². The Hall–Kier alpha value is -2.93. The van der Waals surface area contributed by atoms with Crippen molar-refractivity contribution in [2.45, 2.75) is 19.8 Å². The highest BCUT2D eigenvalue weighted by Crippen LogP contribution is 2.28. The maximum absolute atomic E-state index is 12.7. The Labute approximate surface area is 169 Å². The zero-order chi connectivity index (χ0) is 21.0. The molecule has 1 heterocycles. The van der Waals surface area contributed by atoms with Gasteiger partial charge in [0.1, 0.15) is 0 Å². The van der Waals surface area contributed by atoms with Crippen molar-refractivity contribution in [3.8, 4) is 0 Å². The van der Waals surface area contributed by atoms with Crippen LogP contribution in [0.1, 0.15) is 18.1 Å². The van der Waals surface area contributed by atoms with E-state index in [-0.39, 0.29) is 29.0 Å². The summed E-state index contributed by atoms with van der Waals surface area (Å²) in [6, 6.07) is 7.52. The molecule has 1 fully saturated rings. The molecule has 7 nitrogen and oxygen atoms in total. The van der Waals surface area contributed by atoms with E-state index in [1.807, 2.05) is 29.2 Å². The zero-order valence-electron chi connectivity index (χ0n) is 16.9. The molecule has 1 aromatic rings. The molecule has 1 aliphatic heterocycles. The number of ketones is 2. The summed E-state index contributed by atoms with van der Waals surface area (Å²) >= 11 is 0. The molecule has 7 heteroatoms. The van der Waals surface area contributed by atoms with Crippen molar-refractivity contribution >= 4 is 17.5 Å². The molecular weight excluding hydrogens is 374 g/mol. The number of allylic oxidation sites excluding steroid dienone is 2. The van der Waals surface area contributed by atoms with Crippen LogP contribution in [0.4, 0.5) is 0 Å². The number of carbonyl (C=O) groups excluding carboxylic acids is 3. The van der Waals surface area contributed by atoms with Crippen molar-refractivity contribution in [1.29, 1.82) is 0 Å². The Morgan fingerprint density at radius 2 is 1.52 bits per heavy atom. The SMILES string of the molecule is COC1=C(OC)C(=O)C(Cc2ccc(CC(=O)N3CCOCC3)cc2)=C(C)C1=O. The highest BCUT2D eigenvalue weighted by atomic mass is 16.5. The first-order valence-electron chi connectivity index (χ1n) is 9.51. The minimum atomic E-state index is -0.341. The Kier molecular flexibility index (Phi) is 6.49. The first-order valence-corrected chi connectivity index (χ1v) is 9.51. The van der Waals surface area contributed by atoms with Crippen LogP contribution < -0.4 is 0 Å². The van der Waals surface area contributed by atoms with Gasteiger partial charge in [-0.1, -0.05) is 24.3 Å². The van der Waals surface area contributed by atoms with Gasteiger partial charge in [-0.05, 0) is 18.1 Å². The van der Waals surface area contributed by atoms with Crippen molar-refractivity contribution in [3.05, 3.63) is 58.1 Å². The minimum Gasteiger partial charge on any atom is -0.489 e. The first-order chi connectivity index (χ1) is 14.0. The van der Waals surface area contributed by atoms with Gasteiger partial charge in [-0.15, -0.1) is 0 Å². The molecule has 0 spiro atoms. The average molecular weight is 399 g/mol. The summed E-state index contributed by atoms with van der Waals surface area (Å²) in [6.07, 6.45) is 0.630. The van der Waals surface area contributed by atoms with Crippen LogP contribution in [0.15, 0.2) is 46.9 Å².